The Kier molecular flexibility index (Phi) is 6.41. The van der Waals surface area contributed by atoms with Crippen molar-refractivity contribution in [2.24, 2.45) is 0 Å². The summed E-state index contributed by atoms with van der Waals surface area (Å²) < 4.78 is 25.5. The number of para-hydroxylation sites is 1. The molecule has 3 aromatic rings. The summed E-state index contributed by atoms with van der Waals surface area (Å²) in [4.78, 5) is 27.5. The minimum atomic E-state index is -3.47. The number of nitrogens with zero attached hydrogens (tertiary/aromatic N) is 2. The van der Waals surface area contributed by atoms with Crippen LogP contribution in [0.1, 0.15) is 26.3 Å². The number of benzene rings is 3. The van der Waals surface area contributed by atoms with E-state index in [1.165, 1.54) is 18.4 Å². The first-order valence-electron chi connectivity index (χ1n) is 10.8. The van der Waals surface area contributed by atoms with Crippen LogP contribution in [0.3, 0.4) is 0 Å². The van der Waals surface area contributed by atoms with Gasteiger partial charge in [-0.3, -0.25) is 9.59 Å². The molecule has 1 aliphatic heterocycles. The Bertz CT molecular complexity index is 1350. The van der Waals surface area contributed by atoms with Gasteiger partial charge in [-0.1, -0.05) is 24.3 Å². The zero-order valence-corrected chi connectivity index (χ0v) is 20.0. The molecule has 0 saturated heterocycles. The second-order valence-corrected chi connectivity index (χ2v) is 10.4. The maximum Gasteiger partial charge on any atom is 0.257 e. The van der Waals surface area contributed by atoms with Crippen LogP contribution in [0.4, 0.5) is 17.1 Å². The van der Waals surface area contributed by atoms with Gasteiger partial charge in [0.25, 0.3) is 11.8 Å². The van der Waals surface area contributed by atoms with Crippen molar-refractivity contribution in [3.8, 4) is 0 Å². The minimum absolute atomic E-state index is 0.224. The molecule has 0 saturated carbocycles. The molecule has 1 heterocycles. The Balaban J connectivity index is 1.42. The molecule has 4 rings (SSSR count). The topological polar surface area (TPSA) is 98.8 Å². The van der Waals surface area contributed by atoms with Gasteiger partial charge in [0.1, 0.15) is 0 Å². The Labute approximate surface area is 199 Å². The number of amides is 2. The molecule has 176 valence electrons. The lowest BCUT2D eigenvalue weighted by atomic mass is 10.1. The molecule has 0 unspecified atom stereocenters. The van der Waals surface area contributed by atoms with E-state index in [0.717, 1.165) is 16.9 Å². The third-order valence-electron chi connectivity index (χ3n) is 5.78. The van der Waals surface area contributed by atoms with Gasteiger partial charge < -0.3 is 15.5 Å². The maximum absolute atomic E-state index is 12.7. The molecule has 2 N–H and O–H groups in total. The van der Waals surface area contributed by atoms with Crippen molar-refractivity contribution in [1.29, 1.82) is 0 Å². The van der Waals surface area contributed by atoms with Crippen LogP contribution in [0.2, 0.25) is 0 Å². The van der Waals surface area contributed by atoms with Crippen molar-refractivity contribution in [1.82, 2.24) is 9.62 Å². The number of nitrogens with one attached hydrogen (secondary N) is 2. The molecule has 0 radical (unpaired) electrons. The first-order chi connectivity index (χ1) is 16.2. The number of hydrogen-bond acceptors (Lipinski definition) is 5. The molecule has 1 aliphatic rings. The van der Waals surface area contributed by atoms with Crippen molar-refractivity contribution in [3.63, 3.8) is 0 Å². The summed E-state index contributed by atoms with van der Waals surface area (Å²) in [6.45, 7) is 0.382. The first kappa shape index (κ1) is 23.5. The van der Waals surface area contributed by atoms with Gasteiger partial charge in [-0.2, -0.15) is 0 Å². The molecular formula is C25H26N4O4S. The zero-order chi connectivity index (χ0) is 24.5. The molecule has 0 aromatic heterocycles. The van der Waals surface area contributed by atoms with E-state index in [1.54, 1.807) is 42.5 Å². The average molecular weight is 479 g/mol. The average Bonchev–Trinajstić information content (AvgIpc) is 2.93. The lowest BCUT2D eigenvalue weighted by Crippen LogP contribution is -2.26. The van der Waals surface area contributed by atoms with E-state index >= 15 is 0 Å². The van der Waals surface area contributed by atoms with E-state index in [-0.39, 0.29) is 16.7 Å². The second kappa shape index (κ2) is 9.28. The number of fused-ring (bicyclic) bond motifs is 2. The number of anilines is 3. The van der Waals surface area contributed by atoms with Gasteiger partial charge in [0.2, 0.25) is 10.0 Å². The summed E-state index contributed by atoms with van der Waals surface area (Å²) >= 11 is 0. The zero-order valence-electron chi connectivity index (χ0n) is 19.2. The predicted molar refractivity (Wildman–Crippen MR) is 132 cm³/mol. The van der Waals surface area contributed by atoms with E-state index in [1.807, 2.05) is 36.2 Å². The molecule has 8 nitrogen and oxygen atoms in total. The van der Waals surface area contributed by atoms with Crippen molar-refractivity contribution in [3.05, 3.63) is 83.4 Å². The molecule has 34 heavy (non-hydrogen) atoms. The highest BCUT2D eigenvalue weighted by Crippen LogP contribution is 2.36. The van der Waals surface area contributed by atoms with E-state index in [9.17, 15) is 18.0 Å². The van der Waals surface area contributed by atoms with Gasteiger partial charge >= 0.3 is 0 Å². The van der Waals surface area contributed by atoms with E-state index in [0.29, 0.717) is 29.8 Å². The highest BCUT2D eigenvalue weighted by atomic mass is 32.2. The minimum Gasteiger partial charge on any atom is -0.352 e. The molecule has 2 amide bonds. The molecule has 9 heteroatoms. The lowest BCUT2D eigenvalue weighted by Gasteiger charge is -2.21. The highest BCUT2D eigenvalue weighted by Gasteiger charge is 2.23. The number of sulfonamides is 1. The number of rotatable bonds is 6. The highest BCUT2D eigenvalue weighted by molar-refractivity contribution is 7.89. The Hall–Kier alpha value is -3.69. The van der Waals surface area contributed by atoms with Gasteiger partial charge in [-0.05, 0) is 54.4 Å². The first-order valence-corrected chi connectivity index (χ1v) is 12.2. The Morgan fingerprint density at radius 1 is 1.00 bits per heavy atom. The second-order valence-electron chi connectivity index (χ2n) is 8.20. The summed E-state index contributed by atoms with van der Waals surface area (Å²) in [6.07, 6.45) is 0.549. The van der Waals surface area contributed by atoms with Crippen LogP contribution < -0.4 is 15.5 Å². The monoisotopic (exact) mass is 478 g/mol. The number of carbonyl (C=O) groups is 2. The Morgan fingerprint density at radius 2 is 1.71 bits per heavy atom. The fourth-order valence-corrected chi connectivity index (χ4v) is 4.71. The smallest absolute Gasteiger partial charge is 0.257 e. The van der Waals surface area contributed by atoms with Gasteiger partial charge in [0.05, 0.1) is 27.5 Å². The van der Waals surface area contributed by atoms with Crippen LogP contribution in [0.5, 0.6) is 0 Å². The third-order valence-corrected chi connectivity index (χ3v) is 7.61. The van der Waals surface area contributed by atoms with E-state index in [4.69, 9.17) is 0 Å². The van der Waals surface area contributed by atoms with Gasteiger partial charge in [-0.25, -0.2) is 12.7 Å². The lowest BCUT2D eigenvalue weighted by molar-refractivity contribution is 0.0952. The molecule has 0 atom stereocenters. The molecule has 0 bridgehead atoms. The third kappa shape index (κ3) is 4.52. The van der Waals surface area contributed by atoms with Crippen LogP contribution >= 0.6 is 0 Å². The van der Waals surface area contributed by atoms with Crippen LogP contribution in [0.25, 0.3) is 0 Å². The fourth-order valence-electron chi connectivity index (χ4n) is 3.81. The molecule has 3 aromatic carbocycles. The van der Waals surface area contributed by atoms with Crippen molar-refractivity contribution >= 4 is 38.9 Å². The normalized spacial score (nSPS) is 13.1. The van der Waals surface area contributed by atoms with Crippen molar-refractivity contribution in [2.45, 2.75) is 11.3 Å². The summed E-state index contributed by atoms with van der Waals surface area (Å²) in [7, 11) is 1.39. The van der Waals surface area contributed by atoms with Crippen LogP contribution in [0, 0.1) is 0 Å². The van der Waals surface area contributed by atoms with Crippen LogP contribution in [0.15, 0.2) is 71.6 Å². The quantitative estimate of drug-likeness (QED) is 0.567. The molecule has 0 fully saturated rings. The van der Waals surface area contributed by atoms with Crippen molar-refractivity contribution in [2.75, 3.05) is 37.9 Å². The summed E-state index contributed by atoms with van der Waals surface area (Å²) in [6, 6.07) is 19.2. The fraction of sp³-hybridized carbons (Fsp3) is 0.200. The Morgan fingerprint density at radius 3 is 2.41 bits per heavy atom. The van der Waals surface area contributed by atoms with Gasteiger partial charge in [0, 0.05) is 33.3 Å². The largest absolute Gasteiger partial charge is 0.352 e. The van der Waals surface area contributed by atoms with E-state index < -0.39 is 10.0 Å². The van der Waals surface area contributed by atoms with Crippen molar-refractivity contribution < 1.29 is 18.0 Å². The predicted octanol–water partition coefficient (Wildman–Crippen LogP) is 3.24. The van der Waals surface area contributed by atoms with Gasteiger partial charge in [-0.15, -0.1) is 0 Å². The van der Waals surface area contributed by atoms with Crippen LogP contribution in [-0.2, 0) is 16.4 Å². The molecular weight excluding hydrogens is 452 g/mol. The number of carbonyl (C=O) groups excluding carboxylic acids is 2. The van der Waals surface area contributed by atoms with Gasteiger partial charge in [0.15, 0.2) is 0 Å². The van der Waals surface area contributed by atoms with E-state index in [2.05, 4.69) is 10.6 Å². The maximum atomic E-state index is 12.7. The summed E-state index contributed by atoms with van der Waals surface area (Å²) in [5.41, 5.74) is 4.06. The standard InChI is InChI=1S/C25H26N4O4S/c1-28(2)34(32,33)19-11-8-17(9-12-19)14-15-26-24(30)18-10-13-23-21(16-18)27-25(31)20-6-4-5-7-22(20)29(23)3/h4-13,16H,14-15H2,1-3H3,(H,26,30)(H,27,31). The SMILES string of the molecule is CN1c2ccc(C(=O)NCCc3ccc(S(=O)(=O)N(C)C)cc3)cc2NC(=O)c2ccccc21. The summed E-state index contributed by atoms with van der Waals surface area (Å²) in [5.74, 6) is -0.480. The van der Waals surface area contributed by atoms with Crippen LogP contribution in [-0.4, -0.2) is 52.2 Å². The molecule has 0 aliphatic carbocycles. The summed E-state index contributed by atoms with van der Waals surface area (Å²) in [5, 5.41) is 5.78. The number of hydrogen-bond donors (Lipinski definition) is 2. The molecule has 0 spiro atoms.